The van der Waals surface area contributed by atoms with Crippen molar-refractivity contribution < 1.29 is 4.92 Å². The van der Waals surface area contributed by atoms with Gasteiger partial charge < -0.3 is 9.88 Å². The first-order valence-electron chi connectivity index (χ1n) is 6.26. The molecule has 0 fully saturated rings. The highest BCUT2D eigenvalue weighted by Crippen LogP contribution is 2.21. The minimum atomic E-state index is -0.418. The van der Waals surface area contributed by atoms with E-state index in [2.05, 4.69) is 10.3 Å². The van der Waals surface area contributed by atoms with Crippen molar-refractivity contribution in [3.8, 4) is 0 Å². The molecule has 0 aliphatic heterocycles. The van der Waals surface area contributed by atoms with Gasteiger partial charge >= 0.3 is 0 Å². The molecule has 106 valence electrons. The number of nitrogens with one attached hydrogen (secondary N) is 1. The highest BCUT2D eigenvalue weighted by molar-refractivity contribution is 6.31. The minimum Gasteiger partial charge on any atom is -0.337 e. The van der Waals surface area contributed by atoms with E-state index >= 15 is 0 Å². The van der Waals surface area contributed by atoms with Crippen LogP contribution in [0.2, 0.25) is 5.02 Å². The van der Waals surface area contributed by atoms with Crippen molar-refractivity contribution >= 4 is 17.3 Å². The zero-order valence-corrected chi connectivity index (χ0v) is 11.6. The Morgan fingerprint density at radius 1 is 1.45 bits per heavy atom. The van der Waals surface area contributed by atoms with Crippen LogP contribution in [-0.2, 0) is 13.1 Å². The normalized spacial score (nSPS) is 10.7. The number of nitro benzene ring substituents is 1. The molecular weight excluding hydrogens is 280 g/mol. The van der Waals surface area contributed by atoms with Crippen LogP contribution in [0.3, 0.4) is 0 Å². The number of aryl methyl sites for hydroxylation is 1. The lowest BCUT2D eigenvalue weighted by atomic mass is 10.2. The van der Waals surface area contributed by atoms with Crippen LogP contribution in [-0.4, -0.2) is 21.0 Å². The third-order valence-corrected chi connectivity index (χ3v) is 3.25. The molecule has 0 unspecified atom stereocenters. The summed E-state index contributed by atoms with van der Waals surface area (Å²) >= 11 is 6.02. The maximum absolute atomic E-state index is 10.7. The zero-order valence-electron chi connectivity index (χ0n) is 10.8. The molecule has 0 saturated heterocycles. The molecule has 0 aliphatic rings. The quantitative estimate of drug-likeness (QED) is 0.484. The first-order chi connectivity index (χ1) is 9.66. The van der Waals surface area contributed by atoms with Crippen LogP contribution in [0.25, 0.3) is 0 Å². The van der Waals surface area contributed by atoms with E-state index in [1.807, 2.05) is 10.8 Å². The smallest absolute Gasteiger partial charge is 0.269 e. The van der Waals surface area contributed by atoms with Crippen LogP contribution >= 0.6 is 11.6 Å². The second-order valence-electron chi connectivity index (χ2n) is 4.36. The van der Waals surface area contributed by atoms with Crippen LogP contribution < -0.4 is 5.32 Å². The topological polar surface area (TPSA) is 73.0 Å². The predicted molar refractivity (Wildman–Crippen MR) is 76.7 cm³/mol. The van der Waals surface area contributed by atoms with Crippen molar-refractivity contribution in [3.63, 3.8) is 0 Å². The van der Waals surface area contributed by atoms with E-state index in [-0.39, 0.29) is 5.69 Å². The maximum atomic E-state index is 10.7. The Labute approximate surface area is 121 Å². The summed E-state index contributed by atoms with van der Waals surface area (Å²) in [6, 6.07) is 4.47. The fourth-order valence-electron chi connectivity index (χ4n) is 1.84. The van der Waals surface area contributed by atoms with Crippen molar-refractivity contribution in [1.82, 2.24) is 14.9 Å². The fraction of sp³-hybridized carbons (Fsp3) is 0.308. The van der Waals surface area contributed by atoms with Gasteiger partial charge in [-0.1, -0.05) is 11.6 Å². The van der Waals surface area contributed by atoms with Gasteiger partial charge in [-0.3, -0.25) is 10.1 Å². The van der Waals surface area contributed by atoms with Crippen molar-refractivity contribution in [3.05, 3.63) is 57.6 Å². The summed E-state index contributed by atoms with van der Waals surface area (Å²) < 4.78 is 2.00. The van der Waals surface area contributed by atoms with Gasteiger partial charge in [0.25, 0.3) is 5.69 Å². The van der Waals surface area contributed by atoms with E-state index in [4.69, 9.17) is 11.6 Å². The van der Waals surface area contributed by atoms with E-state index in [0.717, 1.165) is 25.1 Å². The van der Waals surface area contributed by atoms with Crippen molar-refractivity contribution in [2.24, 2.45) is 0 Å². The second-order valence-corrected chi connectivity index (χ2v) is 4.77. The molecule has 1 N–H and O–H groups in total. The van der Waals surface area contributed by atoms with E-state index in [9.17, 15) is 10.1 Å². The summed E-state index contributed by atoms with van der Waals surface area (Å²) in [6.07, 6.45) is 6.38. The second kappa shape index (κ2) is 7.02. The number of aromatic nitrogens is 2. The summed E-state index contributed by atoms with van der Waals surface area (Å²) in [5.41, 5.74) is 0.799. The van der Waals surface area contributed by atoms with Gasteiger partial charge in [0, 0.05) is 42.6 Å². The summed E-state index contributed by atoms with van der Waals surface area (Å²) in [6.45, 7) is 2.21. The molecule has 6 nitrogen and oxygen atoms in total. The maximum Gasteiger partial charge on any atom is 0.269 e. The standard InChI is InChI=1S/C13H15ClN4O2/c14-13-3-2-12(18(19)20)8-11(13)9-15-4-1-6-17-7-5-16-10-17/h2-3,5,7-8,10,15H,1,4,6,9H2. The Kier molecular flexibility index (Phi) is 5.09. The average Bonchev–Trinajstić information content (AvgIpc) is 2.93. The predicted octanol–water partition coefficient (Wildman–Crippen LogP) is 2.62. The lowest BCUT2D eigenvalue weighted by Gasteiger charge is -2.07. The molecule has 20 heavy (non-hydrogen) atoms. The Balaban J connectivity index is 1.78. The van der Waals surface area contributed by atoms with E-state index in [1.165, 1.54) is 12.1 Å². The third-order valence-electron chi connectivity index (χ3n) is 2.88. The molecule has 0 bridgehead atoms. The van der Waals surface area contributed by atoms with Gasteiger partial charge in [0.2, 0.25) is 0 Å². The molecule has 1 aromatic carbocycles. The number of benzene rings is 1. The number of nitrogens with zero attached hydrogens (tertiary/aromatic N) is 3. The number of rotatable bonds is 7. The molecule has 1 aromatic heterocycles. The third kappa shape index (κ3) is 4.04. The molecular formula is C13H15ClN4O2. The van der Waals surface area contributed by atoms with Crippen LogP contribution in [0.15, 0.2) is 36.9 Å². The molecule has 2 rings (SSSR count). The minimum absolute atomic E-state index is 0.0598. The molecule has 0 amide bonds. The summed E-state index contributed by atoms with van der Waals surface area (Å²) in [7, 11) is 0. The Bertz CT molecular complexity index is 572. The lowest BCUT2D eigenvalue weighted by molar-refractivity contribution is -0.384. The number of non-ortho nitro benzene ring substituents is 1. The van der Waals surface area contributed by atoms with Gasteiger partial charge in [-0.2, -0.15) is 0 Å². The van der Waals surface area contributed by atoms with Crippen molar-refractivity contribution in [1.29, 1.82) is 0 Å². The molecule has 0 radical (unpaired) electrons. The molecule has 0 aliphatic carbocycles. The molecule has 2 aromatic rings. The van der Waals surface area contributed by atoms with Crippen LogP contribution in [0.4, 0.5) is 5.69 Å². The van der Waals surface area contributed by atoms with E-state index in [1.54, 1.807) is 18.6 Å². The molecule has 0 atom stereocenters. The molecule has 0 spiro atoms. The van der Waals surface area contributed by atoms with Crippen molar-refractivity contribution in [2.45, 2.75) is 19.5 Å². The molecule has 1 heterocycles. The summed E-state index contributed by atoms with van der Waals surface area (Å²) in [5, 5.41) is 14.5. The van der Waals surface area contributed by atoms with E-state index in [0.29, 0.717) is 11.6 Å². The molecule has 0 saturated carbocycles. The van der Waals surface area contributed by atoms with Gasteiger partial charge in [0.1, 0.15) is 0 Å². The Morgan fingerprint density at radius 3 is 3.00 bits per heavy atom. The lowest BCUT2D eigenvalue weighted by Crippen LogP contribution is -2.16. The van der Waals surface area contributed by atoms with Crippen molar-refractivity contribution in [2.75, 3.05) is 6.54 Å². The van der Waals surface area contributed by atoms with Gasteiger partial charge in [0.05, 0.1) is 11.3 Å². The molecule has 7 heteroatoms. The average molecular weight is 295 g/mol. The summed E-state index contributed by atoms with van der Waals surface area (Å²) in [5.74, 6) is 0. The fourth-order valence-corrected chi connectivity index (χ4v) is 2.02. The zero-order chi connectivity index (χ0) is 14.4. The Morgan fingerprint density at radius 2 is 2.30 bits per heavy atom. The number of hydrogen-bond acceptors (Lipinski definition) is 4. The van der Waals surface area contributed by atoms with Crippen LogP contribution in [0, 0.1) is 10.1 Å². The number of halogens is 1. The van der Waals surface area contributed by atoms with Gasteiger partial charge in [-0.25, -0.2) is 4.98 Å². The highest BCUT2D eigenvalue weighted by Gasteiger charge is 2.09. The largest absolute Gasteiger partial charge is 0.337 e. The number of imidazole rings is 1. The van der Waals surface area contributed by atoms with Crippen LogP contribution in [0.5, 0.6) is 0 Å². The van der Waals surface area contributed by atoms with Gasteiger partial charge in [-0.05, 0) is 24.6 Å². The number of hydrogen-bond donors (Lipinski definition) is 1. The van der Waals surface area contributed by atoms with E-state index < -0.39 is 4.92 Å². The summed E-state index contributed by atoms with van der Waals surface area (Å²) in [4.78, 5) is 14.3. The SMILES string of the molecule is O=[N+]([O-])c1ccc(Cl)c(CNCCCn2ccnc2)c1. The highest BCUT2D eigenvalue weighted by atomic mass is 35.5. The first kappa shape index (κ1) is 14.5. The monoisotopic (exact) mass is 294 g/mol. The first-order valence-corrected chi connectivity index (χ1v) is 6.64. The van der Waals surface area contributed by atoms with Gasteiger partial charge in [0.15, 0.2) is 0 Å². The number of nitro groups is 1. The van der Waals surface area contributed by atoms with Crippen LogP contribution in [0.1, 0.15) is 12.0 Å². The van der Waals surface area contributed by atoms with Gasteiger partial charge in [-0.15, -0.1) is 0 Å². The Hall–Kier alpha value is -1.92.